The summed E-state index contributed by atoms with van der Waals surface area (Å²) in [6.45, 7) is 8.78. The summed E-state index contributed by atoms with van der Waals surface area (Å²) in [5.74, 6) is 0.0628. The minimum Gasteiger partial charge on any atom is -0.350 e. The van der Waals surface area contributed by atoms with Crippen LogP contribution in [0.15, 0.2) is 18.2 Å². The molecule has 3 rings (SSSR count). The first-order valence-corrected chi connectivity index (χ1v) is 10.1. The average molecular weight is 389 g/mol. The predicted molar refractivity (Wildman–Crippen MR) is 107 cm³/mol. The van der Waals surface area contributed by atoms with E-state index in [-0.39, 0.29) is 30.7 Å². The van der Waals surface area contributed by atoms with Crippen molar-refractivity contribution in [3.63, 3.8) is 0 Å². The van der Waals surface area contributed by atoms with Crippen molar-refractivity contribution in [1.82, 2.24) is 10.2 Å². The summed E-state index contributed by atoms with van der Waals surface area (Å²) in [5, 5.41) is 5.66. The molecule has 0 aromatic heterocycles. The van der Waals surface area contributed by atoms with Crippen LogP contribution in [0.4, 0.5) is 5.69 Å². The van der Waals surface area contributed by atoms with Crippen LogP contribution in [0.2, 0.25) is 0 Å². The third kappa shape index (κ3) is 5.10. The van der Waals surface area contributed by atoms with Crippen LogP contribution in [0.1, 0.15) is 30.9 Å². The Morgan fingerprint density at radius 1 is 1.14 bits per heavy atom. The van der Waals surface area contributed by atoms with Crippen molar-refractivity contribution in [2.45, 2.75) is 45.9 Å². The summed E-state index contributed by atoms with van der Waals surface area (Å²) in [7, 11) is 0. The molecule has 0 saturated carbocycles. The minimum absolute atomic E-state index is 0.0306. The Bertz CT molecular complexity index is 675. The van der Waals surface area contributed by atoms with E-state index in [0.717, 1.165) is 42.7 Å². The number of piperidine rings is 1. The SMILES string of the molecule is Cc1cccc(C)c1NC(=O)CNC(=O)C(C)N1CCC(C2OCCO2)CC1. The van der Waals surface area contributed by atoms with Gasteiger partial charge in [-0.25, -0.2) is 0 Å². The molecule has 7 nitrogen and oxygen atoms in total. The number of para-hydroxylation sites is 1. The molecule has 1 atom stereocenters. The molecule has 2 aliphatic heterocycles. The first-order valence-electron chi connectivity index (χ1n) is 10.1. The van der Waals surface area contributed by atoms with Crippen LogP contribution in [0.25, 0.3) is 0 Å². The lowest BCUT2D eigenvalue weighted by molar-refractivity contribution is -0.130. The Labute approximate surface area is 166 Å². The summed E-state index contributed by atoms with van der Waals surface area (Å²) < 4.78 is 11.2. The van der Waals surface area contributed by atoms with Gasteiger partial charge < -0.3 is 20.1 Å². The fourth-order valence-electron chi connectivity index (χ4n) is 3.90. The quantitative estimate of drug-likeness (QED) is 0.776. The van der Waals surface area contributed by atoms with Gasteiger partial charge in [0.2, 0.25) is 11.8 Å². The van der Waals surface area contributed by atoms with Crippen LogP contribution in [-0.2, 0) is 19.1 Å². The van der Waals surface area contributed by atoms with Crippen LogP contribution in [0.5, 0.6) is 0 Å². The molecule has 2 heterocycles. The predicted octanol–water partition coefficient (Wildman–Crippen LogP) is 1.83. The van der Waals surface area contributed by atoms with Crippen LogP contribution < -0.4 is 10.6 Å². The Hall–Kier alpha value is -1.96. The van der Waals surface area contributed by atoms with Crippen molar-refractivity contribution >= 4 is 17.5 Å². The standard InChI is InChI=1S/C21H31N3O4/c1-14-5-4-6-15(2)19(14)23-18(25)13-22-20(26)16(3)24-9-7-17(8-10-24)21-27-11-12-28-21/h4-6,16-17,21H,7-13H2,1-3H3,(H,22,26)(H,23,25). The first kappa shape index (κ1) is 20.8. The molecule has 0 spiro atoms. The van der Waals surface area contributed by atoms with E-state index in [1.807, 2.05) is 39.0 Å². The lowest BCUT2D eigenvalue weighted by Gasteiger charge is -2.36. The largest absolute Gasteiger partial charge is 0.350 e. The molecule has 0 aliphatic carbocycles. The topological polar surface area (TPSA) is 79.9 Å². The highest BCUT2D eigenvalue weighted by Gasteiger charge is 2.33. The number of aryl methyl sites for hydroxylation is 2. The summed E-state index contributed by atoms with van der Waals surface area (Å²) in [4.78, 5) is 26.9. The van der Waals surface area contributed by atoms with E-state index in [9.17, 15) is 9.59 Å². The number of hydrogen-bond acceptors (Lipinski definition) is 5. The molecule has 2 fully saturated rings. The number of benzene rings is 1. The maximum absolute atomic E-state index is 12.5. The molecule has 0 bridgehead atoms. The third-order valence-corrected chi connectivity index (χ3v) is 5.70. The molecule has 1 unspecified atom stereocenters. The normalized spacial score (nSPS) is 20.1. The van der Waals surface area contributed by atoms with Gasteiger partial charge in [0.05, 0.1) is 25.8 Å². The molecule has 2 saturated heterocycles. The number of nitrogens with zero attached hydrogens (tertiary/aromatic N) is 1. The fraction of sp³-hybridized carbons (Fsp3) is 0.619. The molecular formula is C21H31N3O4. The van der Waals surface area contributed by atoms with E-state index in [1.54, 1.807) is 0 Å². The van der Waals surface area contributed by atoms with Gasteiger partial charge in [0.15, 0.2) is 6.29 Å². The molecule has 1 aromatic carbocycles. The maximum atomic E-state index is 12.5. The zero-order valence-corrected chi connectivity index (χ0v) is 17.0. The molecule has 2 amide bonds. The van der Waals surface area contributed by atoms with Gasteiger partial charge >= 0.3 is 0 Å². The zero-order chi connectivity index (χ0) is 20.1. The second-order valence-electron chi connectivity index (χ2n) is 7.69. The van der Waals surface area contributed by atoms with Gasteiger partial charge in [-0.3, -0.25) is 14.5 Å². The van der Waals surface area contributed by atoms with E-state index in [0.29, 0.717) is 19.1 Å². The van der Waals surface area contributed by atoms with Gasteiger partial charge in [-0.15, -0.1) is 0 Å². The number of ether oxygens (including phenoxy) is 2. The molecule has 2 aliphatic rings. The average Bonchev–Trinajstić information content (AvgIpc) is 3.23. The monoisotopic (exact) mass is 389 g/mol. The van der Waals surface area contributed by atoms with Gasteiger partial charge in [-0.1, -0.05) is 18.2 Å². The van der Waals surface area contributed by atoms with Crippen molar-refractivity contribution in [2.75, 3.05) is 38.2 Å². The minimum atomic E-state index is -0.264. The summed E-state index contributed by atoms with van der Waals surface area (Å²) in [6.07, 6.45) is 1.82. The second-order valence-corrected chi connectivity index (χ2v) is 7.69. The van der Waals surface area contributed by atoms with Gasteiger partial charge in [-0.05, 0) is 57.8 Å². The number of hydrogen-bond donors (Lipinski definition) is 2. The zero-order valence-electron chi connectivity index (χ0n) is 17.0. The Morgan fingerprint density at radius 3 is 2.36 bits per heavy atom. The van der Waals surface area contributed by atoms with Crippen LogP contribution in [0.3, 0.4) is 0 Å². The number of carbonyl (C=O) groups excluding carboxylic acids is 2. The summed E-state index contributed by atoms with van der Waals surface area (Å²) >= 11 is 0. The highest BCUT2D eigenvalue weighted by Crippen LogP contribution is 2.26. The van der Waals surface area contributed by atoms with Gasteiger partial charge in [-0.2, -0.15) is 0 Å². The van der Waals surface area contributed by atoms with Crippen molar-refractivity contribution in [3.05, 3.63) is 29.3 Å². The van der Waals surface area contributed by atoms with Crippen LogP contribution in [-0.4, -0.2) is 61.9 Å². The Morgan fingerprint density at radius 2 is 1.75 bits per heavy atom. The number of amides is 2. The van der Waals surface area contributed by atoms with Gasteiger partial charge in [0.1, 0.15) is 0 Å². The highest BCUT2D eigenvalue weighted by atomic mass is 16.7. The van der Waals surface area contributed by atoms with Crippen molar-refractivity contribution in [3.8, 4) is 0 Å². The lowest BCUT2D eigenvalue weighted by atomic mass is 9.95. The van der Waals surface area contributed by atoms with Crippen LogP contribution >= 0.6 is 0 Å². The third-order valence-electron chi connectivity index (χ3n) is 5.70. The van der Waals surface area contributed by atoms with Crippen molar-refractivity contribution in [2.24, 2.45) is 5.92 Å². The van der Waals surface area contributed by atoms with E-state index in [2.05, 4.69) is 15.5 Å². The molecule has 2 N–H and O–H groups in total. The Balaban J connectivity index is 1.42. The maximum Gasteiger partial charge on any atom is 0.243 e. The molecule has 7 heteroatoms. The van der Waals surface area contributed by atoms with Crippen LogP contribution in [0, 0.1) is 19.8 Å². The first-order chi connectivity index (χ1) is 13.5. The Kier molecular flexibility index (Phi) is 7.04. The molecule has 28 heavy (non-hydrogen) atoms. The summed E-state index contributed by atoms with van der Waals surface area (Å²) in [5.41, 5.74) is 2.82. The number of carbonyl (C=O) groups is 2. The van der Waals surface area contributed by atoms with Crippen molar-refractivity contribution in [1.29, 1.82) is 0 Å². The molecular weight excluding hydrogens is 358 g/mol. The van der Waals surface area contributed by atoms with E-state index >= 15 is 0 Å². The number of anilines is 1. The van der Waals surface area contributed by atoms with E-state index in [1.165, 1.54) is 0 Å². The van der Waals surface area contributed by atoms with Crippen molar-refractivity contribution < 1.29 is 19.1 Å². The fourth-order valence-corrected chi connectivity index (χ4v) is 3.90. The summed E-state index contributed by atoms with van der Waals surface area (Å²) in [6, 6.07) is 5.60. The molecule has 0 radical (unpaired) electrons. The lowest BCUT2D eigenvalue weighted by Crippen LogP contribution is -2.50. The highest BCUT2D eigenvalue weighted by molar-refractivity contribution is 5.96. The smallest absolute Gasteiger partial charge is 0.243 e. The number of rotatable bonds is 6. The second kappa shape index (κ2) is 9.49. The van der Waals surface area contributed by atoms with Gasteiger partial charge in [0, 0.05) is 11.6 Å². The molecule has 1 aromatic rings. The number of nitrogens with one attached hydrogen (secondary N) is 2. The van der Waals surface area contributed by atoms with Gasteiger partial charge in [0.25, 0.3) is 0 Å². The van der Waals surface area contributed by atoms with E-state index < -0.39 is 0 Å². The van der Waals surface area contributed by atoms with E-state index in [4.69, 9.17) is 9.47 Å². The number of likely N-dealkylation sites (tertiary alicyclic amines) is 1. The molecule has 154 valence electrons.